The lowest BCUT2D eigenvalue weighted by Crippen LogP contribution is -2.49. The molecule has 1 spiro atoms. The summed E-state index contributed by atoms with van der Waals surface area (Å²) in [4.78, 5) is 39.8. The molecule has 0 bridgehead atoms. The van der Waals surface area contributed by atoms with E-state index in [1.807, 2.05) is 50.2 Å². The molecule has 1 amide bonds. The van der Waals surface area contributed by atoms with Gasteiger partial charge in [0.15, 0.2) is 0 Å². The summed E-state index contributed by atoms with van der Waals surface area (Å²) in [6.45, 7) is 4.60. The predicted molar refractivity (Wildman–Crippen MR) is 119 cm³/mol. The van der Waals surface area contributed by atoms with E-state index in [0.717, 1.165) is 31.2 Å². The standard InChI is InChI=1S/C26H29NO5/c1-3-5-15-31-24(29)21-17-11-7-9-13-19(17)26(22(21)25(30)32-16-6-4-2)20-14-10-8-12-18(20)23(28)27-26/h7-14,21-22H,3-6,15-16H2,1-2H3,(H,27,28). The fourth-order valence-electron chi connectivity index (χ4n) is 4.91. The Morgan fingerprint density at radius 1 is 0.875 bits per heavy atom. The van der Waals surface area contributed by atoms with Crippen LogP contribution < -0.4 is 5.32 Å². The van der Waals surface area contributed by atoms with Crippen LogP contribution in [0.25, 0.3) is 0 Å². The van der Waals surface area contributed by atoms with Gasteiger partial charge in [0.2, 0.25) is 0 Å². The van der Waals surface area contributed by atoms with E-state index in [0.29, 0.717) is 23.3 Å². The number of hydrogen-bond acceptors (Lipinski definition) is 5. The number of fused-ring (bicyclic) bond motifs is 4. The summed E-state index contributed by atoms with van der Waals surface area (Å²) in [5, 5.41) is 3.08. The molecular weight excluding hydrogens is 406 g/mol. The maximum absolute atomic E-state index is 13.5. The fraction of sp³-hybridized carbons (Fsp3) is 0.423. The first-order chi connectivity index (χ1) is 15.6. The monoisotopic (exact) mass is 435 g/mol. The van der Waals surface area contributed by atoms with Crippen LogP contribution in [0.2, 0.25) is 0 Å². The Kier molecular flexibility index (Phi) is 6.31. The van der Waals surface area contributed by atoms with Crippen LogP contribution in [0.5, 0.6) is 0 Å². The van der Waals surface area contributed by atoms with E-state index in [9.17, 15) is 14.4 Å². The lowest BCUT2D eigenvalue weighted by atomic mass is 9.76. The molecule has 1 aliphatic heterocycles. The molecule has 2 aliphatic rings. The van der Waals surface area contributed by atoms with E-state index in [4.69, 9.17) is 9.47 Å². The van der Waals surface area contributed by atoms with Gasteiger partial charge in [-0.25, -0.2) is 0 Å². The molecule has 2 aromatic rings. The molecule has 2 aromatic carbocycles. The third-order valence-corrected chi connectivity index (χ3v) is 6.42. The first-order valence-corrected chi connectivity index (χ1v) is 11.4. The van der Waals surface area contributed by atoms with Gasteiger partial charge in [-0.2, -0.15) is 0 Å². The summed E-state index contributed by atoms with van der Waals surface area (Å²) in [5.74, 6) is -3.02. The van der Waals surface area contributed by atoms with Crippen LogP contribution in [-0.4, -0.2) is 31.1 Å². The van der Waals surface area contributed by atoms with E-state index in [2.05, 4.69) is 5.32 Å². The van der Waals surface area contributed by atoms with Crippen molar-refractivity contribution in [1.82, 2.24) is 5.32 Å². The number of carbonyl (C=O) groups is 3. The molecular formula is C26H29NO5. The van der Waals surface area contributed by atoms with Gasteiger partial charge in [-0.3, -0.25) is 14.4 Å². The molecule has 0 aromatic heterocycles. The van der Waals surface area contributed by atoms with Crippen LogP contribution in [0.4, 0.5) is 0 Å². The third-order valence-electron chi connectivity index (χ3n) is 6.42. The average molecular weight is 436 g/mol. The topological polar surface area (TPSA) is 81.7 Å². The highest BCUT2D eigenvalue weighted by atomic mass is 16.5. The summed E-state index contributed by atoms with van der Waals surface area (Å²) >= 11 is 0. The van der Waals surface area contributed by atoms with Gasteiger partial charge >= 0.3 is 11.9 Å². The first kappa shape index (κ1) is 22.1. The molecule has 1 N–H and O–H groups in total. The quantitative estimate of drug-likeness (QED) is 0.499. The zero-order valence-corrected chi connectivity index (χ0v) is 18.6. The number of hydrogen-bond donors (Lipinski definition) is 1. The number of rotatable bonds is 8. The van der Waals surface area contributed by atoms with E-state index < -0.39 is 29.3 Å². The van der Waals surface area contributed by atoms with Crippen molar-refractivity contribution in [2.24, 2.45) is 5.92 Å². The molecule has 0 fully saturated rings. The molecule has 1 aliphatic carbocycles. The van der Waals surface area contributed by atoms with Crippen molar-refractivity contribution >= 4 is 17.8 Å². The second-order valence-corrected chi connectivity index (χ2v) is 8.39. The van der Waals surface area contributed by atoms with Gasteiger partial charge in [0.05, 0.1) is 19.1 Å². The van der Waals surface area contributed by atoms with Gasteiger partial charge in [-0.05, 0) is 35.6 Å². The van der Waals surface area contributed by atoms with Gasteiger partial charge in [0, 0.05) is 5.56 Å². The van der Waals surface area contributed by atoms with Crippen molar-refractivity contribution in [2.45, 2.75) is 51.0 Å². The van der Waals surface area contributed by atoms with Crippen molar-refractivity contribution in [3.63, 3.8) is 0 Å². The molecule has 3 atom stereocenters. The van der Waals surface area contributed by atoms with Crippen LogP contribution in [-0.2, 0) is 24.6 Å². The van der Waals surface area contributed by atoms with Gasteiger partial charge in [0.1, 0.15) is 11.5 Å². The van der Waals surface area contributed by atoms with Crippen molar-refractivity contribution in [2.75, 3.05) is 13.2 Å². The number of carbonyl (C=O) groups excluding carboxylic acids is 3. The van der Waals surface area contributed by atoms with Gasteiger partial charge < -0.3 is 14.8 Å². The Balaban J connectivity index is 1.85. The Morgan fingerprint density at radius 3 is 2.16 bits per heavy atom. The number of nitrogens with one attached hydrogen (secondary N) is 1. The number of esters is 2. The van der Waals surface area contributed by atoms with Gasteiger partial charge in [-0.15, -0.1) is 0 Å². The summed E-state index contributed by atoms with van der Waals surface area (Å²) in [7, 11) is 0. The molecule has 0 saturated carbocycles. The molecule has 1 heterocycles. The minimum atomic E-state index is -1.16. The van der Waals surface area contributed by atoms with Crippen LogP contribution in [0.3, 0.4) is 0 Å². The third kappa shape index (κ3) is 3.48. The minimum absolute atomic E-state index is 0.262. The molecule has 3 unspecified atom stereocenters. The maximum atomic E-state index is 13.5. The molecule has 168 valence electrons. The molecule has 4 rings (SSSR count). The van der Waals surface area contributed by atoms with Crippen LogP contribution >= 0.6 is 0 Å². The molecule has 6 nitrogen and oxygen atoms in total. The van der Waals surface area contributed by atoms with E-state index in [1.54, 1.807) is 12.1 Å². The predicted octanol–water partition coefficient (Wildman–Crippen LogP) is 4.07. The zero-order valence-electron chi connectivity index (χ0n) is 18.6. The highest BCUT2D eigenvalue weighted by Gasteiger charge is 2.63. The normalized spacial score (nSPS) is 22.9. The number of amides is 1. The molecule has 32 heavy (non-hydrogen) atoms. The van der Waals surface area contributed by atoms with Crippen molar-refractivity contribution in [1.29, 1.82) is 0 Å². The first-order valence-electron chi connectivity index (χ1n) is 11.4. The highest BCUT2D eigenvalue weighted by molar-refractivity contribution is 6.03. The second-order valence-electron chi connectivity index (χ2n) is 8.39. The molecule has 0 radical (unpaired) electrons. The average Bonchev–Trinajstić information content (AvgIpc) is 3.27. The van der Waals surface area contributed by atoms with Gasteiger partial charge in [0.25, 0.3) is 5.91 Å². The summed E-state index contributed by atoms with van der Waals surface area (Å²) < 4.78 is 11.2. The number of unbranched alkanes of at least 4 members (excludes halogenated alkanes) is 2. The van der Waals surface area contributed by atoms with Crippen molar-refractivity contribution in [3.8, 4) is 0 Å². The zero-order chi connectivity index (χ0) is 22.7. The SMILES string of the molecule is CCCCOC(=O)C1c2ccccc2C2(NC(=O)c3ccccc32)C1C(=O)OCCCC. The highest BCUT2D eigenvalue weighted by Crippen LogP contribution is 2.56. The van der Waals surface area contributed by atoms with Crippen molar-refractivity contribution in [3.05, 3.63) is 70.8 Å². The number of benzene rings is 2. The lowest BCUT2D eigenvalue weighted by molar-refractivity contribution is -0.159. The number of ether oxygens (including phenoxy) is 2. The van der Waals surface area contributed by atoms with E-state index >= 15 is 0 Å². The summed E-state index contributed by atoms with van der Waals surface area (Å²) in [6, 6.07) is 14.7. The minimum Gasteiger partial charge on any atom is -0.465 e. The second kappa shape index (κ2) is 9.15. The largest absolute Gasteiger partial charge is 0.465 e. The van der Waals surface area contributed by atoms with E-state index in [-0.39, 0.29) is 12.5 Å². The summed E-state index contributed by atoms with van der Waals surface area (Å²) in [5.41, 5.74) is 1.48. The van der Waals surface area contributed by atoms with Crippen LogP contribution in [0.15, 0.2) is 48.5 Å². The van der Waals surface area contributed by atoms with Crippen LogP contribution in [0, 0.1) is 5.92 Å². The Labute approximate surface area is 188 Å². The lowest BCUT2D eigenvalue weighted by Gasteiger charge is -2.33. The fourth-order valence-corrected chi connectivity index (χ4v) is 4.91. The summed E-state index contributed by atoms with van der Waals surface area (Å²) in [6.07, 6.45) is 3.25. The Hall–Kier alpha value is -3.15. The van der Waals surface area contributed by atoms with Gasteiger partial charge in [-0.1, -0.05) is 69.2 Å². The van der Waals surface area contributed by atoms with E-state index in [1.165, 1.54) is 0 Å². The Bertz CT molecular complexity index is 1030. The molecule has 0 saturated heterocycles. The Morgan fingerprint density at radius 2 is 1.47 bits per heavy atom. The smallest absolute Gasteiger partial charge is 0.314 e. The van der Waals surface area contributed by atoms with Crippen LogP contribution in [0.1, 0.15) is 72.5 Å². The van der Waals surface area contributed by atoms with Crippen molar-refractivity contribution < 1.29 is 23.9 Å². The maximum Gasteiger partial charge on any atom is 0.314 e. The molecule has 6 heteroatoms.